The van der Waals surface area contributed by atoms with Gasteiger partial charge in [-0.3, -0.25) is 0 Å². The lowest BCUT2D eigenvalue weighted by Crippen LogP contribution is -2.21. The average Bonchev–Trinajstić information content (AvgIpc) is 2.98. The number of rotatable bonds is 15. The Morgan fingerprint density at radius 2 is 1.76 bits per heavy atom. The van der Waals surface area contributed by atoms with E-state index in [-0.39, 0.29) is 42.7 Å². The fourth-order valence-electron chi connectivity index (χ4n) is 4.08. The van der Waals surface area contributed by atoms with E-state index in [1.807, 2.05) is 19.9 Å². The summed E-state index contributed by atoms with van der Waals surface area (Å²) in [4.78, 5) is 11.5. The quantitative estimate of drug-likeness (QED) is 0.179. The van der Waals surface area contributed by atoms with Gasteiger partial charge in [0.05, 0.1) is 18.3 Å². The van der Waals surface area contributed by atoms with Gasteiger partial charge in [-0.1, -0.05) is 37.5 Å². The van der Waals surface area contributed by atoms with Crippen molar-refractivity contribution >= 4 is 5.97 Å². The first-order valence-electron chi connectivity index (χ1n) is 11.3. The highest BCUT2D eigenvalue weighted by molar-refractivity contribution is 5.81. The molecule has 1 saturated carbocycles. The number of unbranched alkanes of at least 4 members (excludes halogenated alkanes) is 6. The van der Waals surface area contributed by atoms with Crippen LogP contribution in [-0.2, 0) is 14.3 Å². The summed E-state index contributed by atoms with van der Waals surface area (Å²) < 4.78 is 10.7. The van der Waals surface area contributed by atoms with Crippen molar-refractivity contribution in [1.82, 2.24) is 0 Å². The fraction of sp³-hybridized carbons (Fsp3) is 0.792. The van der Waals surface area contributed by atoms with E-state index in [1.54, 1.807) is 7.11 Å². The van der Waals surface area contributed by atoms with Gasteiger partial charge in [-0.15, -0.1) is 0 Å². The highest BCUT2D eigenvalue weighted by Crippen LogP contribution is 2.38. The van der Waals surface area contributed by atoms with Crippen LogP contribution >= 0.6 is 0 Å². The highest BCUT2D eigenvalue weighted by Gasteiger charge is 2.40. The Morgan fingerprint density at radius 3 is 2.45 bits per heavy atom. The van der Waals surface area contributed by atoms with Crippen LogP contribution in [0.25, 0.3) is 0 Å². The highest BCUT2D eigenvalue weighted by atomic mass is 16.5. The van der Waals surface area contributed by atoms with Gasteiger partial charge in [0, 0.05) is 32.1 Å². The molecule has 168 valence electrons. The lowest BCUT2D eigenvalue weighted by Gasteiger charge is -2.22. The number of allylic oxidation sites excluding steroid dienone is 2. The number of methoxy groups -OCH3 is 1. The number of carbonyl (C=O) groups excluding carboxylic acids is 1. The number of hydrogen-bond donors (Lipinski definition) is 2. The van der Waals surface area contributed by atoms with Crippen LogP contribution in [0.4, 0.5) is 0 Å². The van der Waals surface area contributed by atoms with Crippen LogP contribution in [0.3, 0.4) is 0 Å². The Kier molecular flexibility index (Phi) is 14.0. The molecule has 2 N–H and O–H groups in total. The maximum atomic E-state index is 11.5. The Morgan fingerprint density at radius 1 is 1.07 bits per heavy atom. The summed E-state index contributed by atoms with van der Waals surface area (Å²) in [5.41, 5.74) is 0. The normalized spacial score (nSPS) is 24.9. The van der Waals surface area contributed by atoms with Gasteiger partial charge in [0.2, 0.25) is 0 Å². The Bertz CT molecular complexity index is 486. The van der Waals surface area contributed by atoms with Gasteiger partial charge < -0.3 is 19.7 Å². The molecule has 0 saturated heterocycles. The molecular formula is C24H42O5. The van der Waals surface area contributed by atoms with E-state index in [1.165, 1.54) is 6.08 Å². The topological polar surface area (TPSA) is 76.0 Å². The predicted molar refractivity (Wildman–Crippen MR) is 117 cm³/mol. The molecule has 1 aliphatic rings. The van der Waals surface area contributed by atoms with Gasteiger partial charge >= 0.3 is 5.97 Å². The summed E-state index contributed by atoms with van der Waals surface area (Å²) in [5.74, 6) is 0.222. The molecule has 1 fully saturated rings. The van der Waals surface area contributed by atoms with Crippen molar-refractivity contribution < 1.29 is 24.5 Å². The van der Waals surface area contributed by atoms with Gasteiger partial charge in [0.1, 0.15) is 0 Å². The van der Waals surface area contributed by atoms with Crippen molar-refractivity contribution in [2.75, 3.05) is 13.7 Å². The largest absolute Gasteiger partial charge is 0.460 e. The molecule has 0 heterocycles. The first kappa shape index (κ1) is 25.9. The molecule has 0 radical (unpaired) electrons. The van der Waals surface area contributed by atoms with Crippen LogP contribution in [0.1, 0.15) is 78.1 Å². The van der Waals surface area contributed by atoms with E-state index in [9.17, 15) is 9.90 Å². The molecule has 5 nitrogen and oxygen atoms in total. The summed E-state index contributed by atoms with van der Waals surface area (Å²) in [6.45, 7) is 3.97. The molecule has 4 atom stereocenters. The molecule has 0 amide bonds. The molecule has 0 aliphatic heterocycles. The van der Waals surface area contributed by atoms with Gasteiger partial charge in [-0.05, 0) is 58.3 Å². The summed E-state index contributed by atoms with van der Waals surface area (Å²) >= 11 is 0. The maximum absolute atomic E-state index is 11.5. The summed E-state index contributed by atoms with van der Waals surface area (Å²) in [5, 5.41) is 19.3. The molecule has 0 aromatic rings. The summed E-state index contributed by atoms with van der Waals surface area (Å²) in [6, 6.07) is 0. The van der Waals surface area contributed by atoms with Crippen molar-refractivity contribution in [1.29, 1.82) is 0 Å². The molecule has 1 aliphatic carbocycles. The van der Waals surface area contributed by atoms with Crippen molar-refractivity contribution in [3.05, 3.63) is 24.3 Å². The molecule has 0 aromatic heterocycles. The SMILES string of the molecule is CO[C@@H]1C[C@H](O)C(CCCCC=CC(=O)OC(C)C)[C@H]1/C=C/CCCCCCO. The van der Waals surface area contributed by atoms with E-state index >= 15 is 0 Å². The molecule has 0 aromatic carbocycles. The zero-order chi connectivity index (χ0) is 21.5. The number of carbonyl (C=O) groups is 1. The maximum Gasteiger partial charge on any atom is 0.330 e. The van der Waals surface area contributed by atoms with E-state index in [0.29, 0.717) is 6.42 Å². The number of hydrogen-bond acceptors (Lipinski definition) is 5. The number of ether oxygens (including phenoxy) is 2. The molecule has 0 bridgehead atoms. The monoisotopic (exact) mass is 410 g/mol. The van der Waals surface area contributed by atoms with Crippen LogP contribution in [-0.4, -0.2) is 48.2 Å². The number of aliphatic hydroxyl groups excluding tert-OH is 2. The summed E-state index contributed by atoms with van der Waals surface area (Å²) in [7, 11) is 1.73. The third-order valence-corrected chi connectivity index (χ3v) is 5.60. The second-order valence-corrected chi connectivity index (χ2v) is 8.35. The first-order valence-corrected chi connectivity index (χ1v) is 11.3. The first-order chi connectivity index (χ1) is 14.0. The van der Waals surface area contributed by atoms with E-state index < -0.39 is 0 Å². The lowest BCUT2D eigenvalue weighted by molar-refractivity contribution is -0.141. The van der Waals surface area contributed by atoms with Crippen LogP contribution in [0.15, 0.2) is 24.3 Å². The third kappa shape index (κ3) is 11.0. The minimum Gasteiger partial charge on any atom is -0.460 e. The minimum atomic E-state index is -0.310. The van der Waals surface area contributed by atoms with Gasteiger partial charge in [-0.25, -0.2) is 4.79 Å². The predicted octanol–water partition coefficient (Wildman–Crippen LogP) is 4.57. The van der Waals surface area contributed by atoms with Gasteiger partial charge in [-0.2, -0.15) is 0 Å². The van der Waals surface area contributed by atoms with Crippen LogP contribution in [0.5, 0.6) is 0 Å². The summed E-state index contributed by atoms with van der Waals surface area (Å²) in [6.07, 6.45) is 17.4. The Labute approximate surface area is 177 Å². The third-order valence-electron chi connectivity index (χ3n) is 5.60. The molecule has 1 rings (SSSR count). The fourth-order valence-corrected chi connectivity index (χ4v) is 4.08. The Balaban J connectivity index is 2.36. The van der Waals surface area contributed by atoms with E-state index in [2.05, 4.69) is 12.2 Å². The zero-order valence-corrected chi connectivity index (χ0v) is 18.6. The van der Waals surface area contributed by atoms with Gasteiger partial charge in [0.25, 0.3) is 0 Å². The van der Waals surface area contributed by atoms with Crippen molar-refractivity contribution in [3.63, 3.8) is 0 Å². The van der Waals surface area contributed by atoms with Crippen LogP contribution < -0.4 is 0 Å². The second kappa shape index (κ2) is 15.6. The second-order valence-electron chi connectivity index (χ2n) is 8.35. The molecule has 1 unspecified atom stereocenters. The average molecular weight is 411 g/mol. The number of esters is 1. The number of aliphatic hydroxyl groups is 2. The van der Waals surface area contributed by atoms with Gasteiger partial charge in [0.15, 0.2) is 0 Å². The van der Waals surface area contributed by atoms with E-state index in [4.69, 9.17) is 14.6 Å². The van der Waals surface area contributed by atoms with Crippen molar-refractivity contribution in [2.45, 2.75) is 96.4 Å². The zero-order valence-electron chi connectivity index (χ0n) is 18.6. The van der Waals surface area contributed by atoms with E-state index in [0.717, 1.165) is 57.8 Å². The van der Waals surface area contributed by atoms with Crippen molar-refractivity contribution in [3.8, 4) is 0 Å². The molecule has 29 heavy (non-hydrogen) atoms. The van der Waals surface area contributed by atoms with Crippen LogP contribution in [0.2, 0.25) is 0 Å². The Hall–Kier alpha value is -1.17. The molecular weight excluding hydrogens is 368 g/mol. The van der Waals surface area contributed by atoms with Crippen LogP contribution in [0, 0.1) is 11.8 Å². The molecule has 5 heteroatoms. The van der Waals surface area contributed by atoms with Crippen molar-refractivity contribution in [2.24, 2.45) is 11.8 Å². The smallest absolute Gasteiger partial charge is 0.330 e. The standard InChI is InChI=1S/C24H42O5/c1-19(2)29-24(27)16-12-8-7-10-14-20-21(23(28-3)18-22(20)26)15-11-6-4-5-9-13-17-25/h11-12,15-16,19-23,25-26H,4-10,13-14,17-18H2,1-3H3/b15-11+,16-12?/t20?,21-,22+,23-/m1/s1. The minimum absolute atomic E-state index is 0.0877. The lowest BCUT2D eigenvalue weighted by atomic mass is 9.88. The molecule has 0 spiro atoms.